The first-order valence-electron chi connectivity index (χ1n) is 14.1. The minimum Gasteiger partial charge on any atom is -0.481 e. The quantitative estimate of drug-likeness (QED) is 0.420. The van der Waals surface area contributed by atoms with Crippen molar-refractivity contribution in [3.8, 4) is 0 Å². The summed E-state index contributed by atoms with van der Waals surface area (Å²) < 4.78 is 23.5. The number of nitrogens with zero attached hydrogens (tertiary/aromatic N) is 1. The number of sulfonamides is 1. The molecule has 1 heterocycles. The summed E-state index contributed by atoms with van der Waals surface area (Å²) in [4.78, 5) is 42.1. The molecule has 0 aromatic heterocycles. The van der Waals surface area contributed by atoms with Crippen molar-refractivity contribution >= 4 is 33.5 Å². The van der Waals surface area contributed by atoms with E-state index < -0.39 is 38.7 Å². The number of primary sulfonamides is 1. The molecule has 3 N–H and O–H groups in total. The lowest BCUT2D eigenvalue weighted by atomic mass is 9.34. The predicted molar refractivity (Wildman–Crippen MR) is 145 cm³/mol. The highest BCUT2D eigenvalue weighted by Crippen LogP contribution is 2.74. The summed E-state index contributed by atoms with van der Waals surface area (Å²) in [6.45, 7) is 8.46. The molecule has 6 aliphatic rings. The number of nitrogens with two attached hydrogens (primary N) is 1. The van der Waals surface area contributed by atoms with Gasteiger partial charge in [0.25, 0.3) is 0 Å². The zero-order valence-electron chi connectivity index (χ0n) is 23.0. The maximum Gasteiger partial charge on any atom is 0.309 e. The Hall–Kier alpha value is -2.52. The van der Waals surface area contributed by atoms with E-state index in [2.05, 4.69) is 26.8 Å². The molecule has 2 amide bonds. The smallest absolute Gasteiger partial charge is 0.309 e. The van der Waals surface area contributed by atoms with E-state index in [0.717, 1.165) is 25.7 Å². The highest BCUT2D eigenvalue weighted by Gasteiger charge is 2.73. The number of allylic oxidation sites excluding steroid dienone is 2. The molecule has 3 saturated carbocycles. The Morgan fingerprint density at radius 2 is 1.72 bits per heavy atom. The average molecular weight is 555 g/mol. The van der Waals surface area contributed by atoms with Crippen LogP contribution in [0.5, 0.6) is 0 Å². The zero-order chi connectivity index (χ0) is 28.3. The topological polar surface area (TPSA) is 135 Å². The highest BCUT2D eigenvalue weighted by molar-refractivity contribution is 7.89. The molecule has 9 heteroatoms. The Kier molecular flexibility index (Phi) is 5.65. The molecule has 8 atom stereocenters. The molecule has 0 radical (unpaired) electrons. The van der Waals surface area contributed by atoms with E-state index >= 15 is 0 Å². The van der Waals surface area contributed by atoms with Crippen LogP contribution >= 0.6 is 0 Å². The number of carbonyl (C=O) groups excluding carboxylic acids is 2. The summed E-state index contributed by atoms with van der Waals surface area (Å²) in [5, 5.41) is 15.5. The molecule has 1 aliphatic heterocycles. The standard InChI is InChI=1S/C30H38N2O6S/c1-16(2)20-15-30-13-10-21-28(3,11-5-12-29(21,4)27(35)36)22(30)14-19(20)23-24(30)26(34)32(25(23)33)17-6-8-18(9-7-17)39(31,37)38/h6-9,15-16,19,21-24H,5,10-14H2,1-4H3,(H,35,36)(H2,31,37,38)/t19-,21-,22-,23+,24+,28-,29+,30-/m0/s1. The van der Waals surface area contributed by atoms with Gasteiger partial charge < -0.3 is 5.11 Å². The van der Waals surface area contributed by atoms with Crippen LogP contribution < -0.4 is 10.0 Å². The lowest BCUT2D eigenvalue weighted by Gasteiger charge is -2.68. The molecule has 7 rings (SSSR count). The molecule has 1 aromatic rings. The minimum absolute atomic E-state index is 0.0228. The lowest BCUT2D eigenvalue weighted by molar-refractivity contribution is -0.194. The third kappa shape index (κ3) is 3.38. The molecule has 5 aliphatic carbocycles. The first-order chi connectivity index (χ1) is 18.2. The Morgan fingerprint density at radius 3 is 2.31 bits per heavy atom. The Bertz CT molecular complexity index is 1420. The van der Waals surface area contributed by atoms with E-state index in [1.165, 1.54) is 34.7 Å². The van der Waals surface area contributed by atoms with E-state index in [9.17, 15) is 27.9 Å². The molecule has 2 bridgehead atoms. The summed E-state index contributed by atoms with van der Waals surface area (Å²) >= 11 is 0. The maximum atomic E-state index is 14.3. The number of benzene rings is 1. The molecular weight excluding hydrogens is 516 g/mol. The number of hydrogen-bond donors (Lipinski definition) is 2. The molecule has 39 heavy (non-hydrogen) atoms. The minimum atomic E-state index is -3.90. The van der Waals surface area contributed by atoms with Crippen LogP contribution in [0.15, 0.2) is 40.8 Å². The fourth-order valence-electron chi connectivity index (χ4n) is 10.00. The van der Waals surface area contributed by atoms with E-state index in [1.807, 2.05) is 6.92 Å². The lowest BCUT2D eigenvalue weighted by Crippen LogP contribution is -2.65. The Balaban J connectivity index is 1.46. The molecule has 4 fully saturated rings. The van der Waals surface area contributed by atoms with Gasteiger partial charge in [0.15, 0.2) is 0 Å². The molecule has 210 valence electrons. The van der Waals surface area contributed by atoms with Crippen LogP contribution in [-0.4, -0.2) is 31.3 Å². The van der Waals surface area contributed by atoms with Gasteiger partial charge in [0.1, 0.15) is 0 Å². The van der Waals surface area contributed by atoms with Crippen molar-refractivity contribution in [3.63, 3.8) is 0 Å². The van der Waals surface area contributed by atoms with Gasteiger partial charge in [0.2, 0.25) is 21.8 Å². The van der Waals surface area contributed by atoms with Gasteiger partial charge in [-0.05, 0) is 92.4 Å². The third-order valence-corrected chi connectivity index (χ3v) is 12.5. The normalized spacial score (nSPS) is 41.2. The largest absolute Gasteiger partial charge is 0.481 e. The molecule has 1 spiro atoms. The second kappa shape index (κ2) is 8.26. The number of hydrogen-bond acceptors (Lipinski definition) is 5. The van der Waals surface area contributed by atoms with E-state index in [0.29, 0.717) is 18.5 Å². The van der Waals surface area contributed by atoms with Crippen molar-refractivity contribution in [1.82, 2.24) is 0 Å². The maximum absolute atomic E-state index is 14.3. The first kappa shape index (κ1) is 26.7. The van der Waals surface area contributed by atoms with Crippen molar-refractivity contribution in [3.05, 3.63) is 35.9 Å². The van der Waals surface area contributed by atoms with Crippen LogP contribution in [0.3, 0.4) is 0 Å². The van der Waals surface area contributed by atoms with Crippen LogP contribution in [0.1, 0.15) is 66.2 Å². The van der Waals surface area contributed by atoms with Gasteiger partial charge in [0.05, 0.1) is 27.8 Å². The predicted octanol–water partition coefficient (Wildman–Crippen LogP) is 4.35. The molecule has 0 unspecified atom stereocenters. The SMILES string of the molecule is CC(C)C1=C[C@@]23CC[C@H]4[C@](C)(CCC[C@@]4(C)C(=O)O)[C@@H]2C[C@@H]1[C@H]1C(=O)N(c2ccc(S(N)(=O)=O)cc2)C(=O)[C@@H]13. The number of anilines is 1. The van der Waals surface area contributed by atoms with Gasteiger partial charge >= 0.3 is 5.97 Å². The number of aliphatic carboxylic acids is 1. The van der Waals surface area contributed by atoms with Crippen molar-refractivity contribution in [2.45, 2.75) is 71.1 Å². The summed E-state index contributed by atoms with van der Waals surface area (Å²) in [5.74, 6) is -1.80. The number of fused-ring (bicyclic) bond motifs is 1. The van der Waals surface area contributed by atoms with Crippen LogP contribution in [0, 0.1) is 51.8 Å². The fourth-order valence-corrected chi connectivity index (χ4v) is 10.5. The summed E-state index contributed by atoms with van der Waals surface area (Å²) in [7, 11) is -3.90. The van der Waals surface area contributed by atoms with Crippen LogP contribution in [0.2, 0.25) is 0 Å². The van der Waals surface area contributed by atoms with Crippen LogP contribution in [0.25, 0.3) is 0 Å². The van der Waals surface area contributed by atoms with Gasteiger partial charge in [0, 0.05) is 5.41 Å². The van der Waals surface area contributed by atoms with Gasteiger partial charge in [-0.2, -0.15) is 0 Å². The Morgan fingerprint density at radius 1 is 1.05 bits per heavy atom. The van der Waals surface area contributed by atoms with E-state index in [4.69, 9.17) is 5.14 Å². The van der Waals surface area contributed by atoms with Crippen LogP contribution in [0.4, 0.5) is 5.69 Å². The molecular formula is C30H38N2O6S. The van der Waals surface area contributed by atoms with Crippen molar-refractivity contribution < 1.29 is 27.9 Å². The summed E-state index contributed by atoms with van der Waals surface area (Å²) in [6.07, 6.45) is 7.01. The highest BCUT2D eigenvalue weighted by atomic mass is 32.2. The van der Waals surface area contributed by atoms with Gasteiger partial charge in [-0.15, -0.1) is 0 Å². The first-order valence-corrected chi connectivity index (χ1v) is 15.7. The van der Waals surface area contributed by atoms with Gasteiger partial charge in [-0.3, -0.25) is 19.3 Å². The Labute approximate surface area is 230 Å². The van der Waals surface area contributed by atoms with E-state index in [-0.39, 0.29) is 45.8 Å². The molecule has 1 saturated heterocycles. The molecule has 1 aromatic carbocycles. The number of carbonyl (C=O) groups is 3. The second-order valence-electron chi connectivity index (χ2n) is 13.5. The number of rotatable bonds is 4. The number of imide groups is 1. The number of amides is 2. The summed E-state index contributed by atoms with van der Waals surface area (Å²) in [5.41, 5.74) is 0.0882. The van der Waals surface area contributed by atoms with Crippen molar-refractivity contribution in [1.29, 1.82) is 0 Å². The van der Waals surface area contributed by atoms with Crippen molar-refractivity contribution in [2.75, 3.05) is 4.90 Å². The molecule has 8 nitrogen and oxygen atoms in total. The number of carboxylic acid groups (broad SMARTS) is 1. The third-order valence-electron chi connectivity index (χ3n) is 11.6. The zero-order valence-corrected chi connectivity index (χ0v) is 23.8. The van der Waals surface area contributed by atoms with E-state index in [1.54, 1.807) is 0 Å². The van der Waals surface area contributed by atoms with Crippen molar-refractivity contribution in [2.24, 2.45) is 56.9 Å². The average Bonchev–Trinajstić information content (AvgIpc) is 3.14. The van der Waals surface area contributed by atoms with Gasteiger partial charge in [-0.1, -0.05) is 38.8 Å². The number of carboxylic acids is 1. The van der Waals surface area contributed by atoms with Crippen LogP contribution in [-0.2, 0) is 24.4 Å². The monoisotopic (exact) mass is 554 g/mol. The van der Waals surface area contributed by atoms with Gasteiger partial charge in [-0.25, -0.2) is 13.6 Å². The fraction of sp³-hybridized carbons (Fsp3) is 0.633. The summed E-state index contributed by atoms with van der Waals surface area (Å²) in [6, 6.07) is 5.64. The second-order valence-corrected chi connectivity index (χ2v) is 15.1.